The number of hydrogen-bond acceptors (Lipinski definition) is 5. The molecule has 0 atom stereocenters. The maximum absolute atomic E-state index is 5.37. The summed E-state index contributed by atoms with van der Waals surface area (Å²) < 4.78 is 7.38. The molecular formula is C24H31N5O. The van der Waals surface area contributed by atoms with Crippen molar-refractivity contribution in [1.29, 1.82) is 0 Å². The molecule has 1 saturated heterocycles. The van der Waals surface area contributed by atoms with Crippen LogP contribution in [0.1, 0.15) is 24.2 Å². The minimum Gasteiger partial charge on any atom is -0.378 e. The highest BCUT2D eigenvalue weighted by molar-refractivity contribution is 5.38. The number of aromatic nitrogens is 3. The number of nitrogens with zero attached hydrogens (tertiary/aromatic N) is 5. The Bertz CT molecular complexity index is 888. The van der Waals surface area contributed by atoms with Crippen LogP contribution in [0.5, 0.6) is 0 Å². The van der Waals surface area contributed by atoms with Crippen molar-refractivity contribution < 1.29 is 4.74 Å². The molecule has 0 radical (unpaired) electrons. The molecule has 1 aliphatic heterocycles. The first-order valence-electron chi connectivity index (χ1n) is 10.8. The molecule has 0 bridgehead atoms. The molecule has 6 nitrogen and oxygen atoms in total. The van der Waals surface area contributed by atoms with Gasteiger partial charge >= 0.3 is 0 Å². The second-order valence-corrected chi connectivity index (χ2v) is 7.78. The standard InChI is InChI=1S/C24H31N5O/c1-30-20-23-19-21(26-29(23)22-10-3-2-4-11-22)9-6-8-14-27-15-17-28(18-16-27)24-12-5-7-13-25-24/h2-5,7,10-13,19H,6,8-9,14-18,20H2,1H3. The lowest BCUT2D eigenvalue weighted by atomic mass is 10.1. The third-order valence-electron chi connectivity index (χ3n) is 5.63. The molecule has 0 unspecified atom stereocenters. The van der Waals surface area contributed by atoms with E-state index >= 15 is 0 Å². The van der Waals surface area contributed by atoms with E-state index < -0.39 is 0 Å². The van der Waals surface area contributed by atoms with Gasteiger partial charge in [0.2, 0.25) is 0 Å². The number of anilines is 1. The van der Waals surface area contributed by atoms with E-state index in [1.807, 2.05) is 35.1 Å². The predicted octanol–water partition coefficient (Wildman–Crippen LogP) is 3.56. The molecule has 6 heteroatoms. The van der Waals surface area contributed by atoms with E-state index in [0.717, 1.165) is 68.5 Å². The summed E-state index contributed by atoms with van der Waals surface area (Å²) >= 11 is 0. The van der Waals surface area contributed by atoms with Gasteiger partial charge in [0.15, 0.2) is 0 Å². The van der Waals surface area contributed by atoms with E-state index in [2.05, 4.69) is 45.1 Å². The number of unbranched alkanes of at least 4 members (excludes halogenated alkanes) is 1. The molecule has 1 fully saturated rings. The molecular weight excluding hydrogens is 374 g/mol. The van der Waals surface area contributed by atoms with E-state index in [0.29, 0.717) is 6.61 Å². The first-order valence-corrected chi connectivity index (χ1v) is 10.8. The van der Waals surface area contributed by atoms with Crippen LogP contribution in [0.15, 0.2) is 60.8 Å². The number of benzene rings is 1. The lowest BCUT2D eigenvalue weighted by Gasteiger charge is -2.35. The Morgan fingerprint density at radius 1 is 0.933 bits per heavy atom. The third-order valence-corrected chi connectivity index (χ3v) is 5.63. The van der Waals surface area contributed by atoms with Gasteiger partial charge < -0.3 is 9.64 Å². The summed E-state index contributed by atoms with van der Waals surface area (Å²) in [6.45, 7) is 6.05. The molecule has 1 aromatic carbocycles. The van der Waals surface area contributed by atoms with Crippen molar-refractivity contribution in [3.05, 3.63) is 72.2 Å². The van der Waals surface area contributed by atoms with Gasteiger partial charge in [-0.3, -0.25) is 4.90 Å². The highest BCUT2D eigenvalue weighted by Crippen LogP contribution is 2.16. The maximum Gasteiger partial charge on any atom is 0.128 e. The summed E-state index contributed by atoms with van der Waals surface area (Å²) in [5, 5.41) is 4.84. The van der Waals surface area contributed by atoms with Gasteiger partial charge in [0, 0.05) is 39.5 Å². The Labute approximate surface area is 179 Å². The summed E-state index contributed by atoms with van der Waals surface area (Å²) in [5.74, 6) is 1.10. The lowest BCUT2D eigenvalue weighted by molar-refractivity contribution is 0.179. The van der Waals surface area contributed by atoms with Gasteiger partial charge in [0.1, 0.15) is 5.82 Å². The Morgan fingerprint density at radius 2 is 1.73 bits per heavy atom. The second-order valence-electron chi connectivity index (χ2n) is 7.78. The zero-order chi connectivity index (χ0) is 20.6. The van der Waals surface area contributed by atoms with Crippen LogP contribution < -0.4 is 4.90 Å². The van der Waals surface area contributed by atoms with Gasteiger partial charge in [0.05, 0.1) is 23.7 Å². The number of pyridine rings is 1. The van der Waals surface area contributed by atoms with Crippen molar-refractivity contribution in [2.45, 2.75) is 25.9 Å². The van der Waals surface area contributed by atoms with Gasteiger partial charge in [-0.05, 0) is 56.1 Å². The van der Waals surface area contributed by atoms with Gasteiger partial charge in [0.25, 0.3) is 0 Å². The molecule has 0 spiro atoms. The average Bonchev–Trinajstić information content (AvgIpc) is 3.21. The fourth-order valence-electron chi connectivity index (χ4n) is 4.02. The van der Waals surface area contributed by atoms with Crippen LogP contribution in [0.2, 0.25) is 0 Å². The number of aryl methyl sites for hydroxylation is 1. The molecule has 1 aliphatic rings. The molecule has 3 heterocycles. The van der Waals surface area contributed by atoms with Crippen LogP contribution in [0.4, 0.5) is 5.82 Å². The molecule has 4 rings (SSSR count). The first-order chi connectivity index (χ1) is 14.8. The van der Waals surface area contributed by atoms with Gasteiger partial charge in [-0.15, -0.1) is 0 Å². The van der Waals surface area contributed by atoms with E-state index in [4.69, 9.17) is 9.84 Å². The molecule has 0 N–H and O–H groups in total. The smallest absolute Gasteiger partial charge is 0.128 e. The second kappa shape index (κ2) is 10.4. The zero-order valence-corrected chi connectivity index (χ0v) is 17.8. The number of rotatable bonds is 9. The van der Waals surface area contributed by atoms with Crippen molar-refractivity contribution in [2.75, 3.05) is 44.7 Å². The van der Waals surface area contributed by atoms with Gasteiger partial charge in [-0.2, -0.15) is 5.10 Å². The van der Waals surface area contributed by atoms with Crippen molar-refractivity contribution in [3.63, 3.8) is 0 Å². The largest absolute Gasteiger partial charge is 0.378 e. The number of hydrogen-bond donors (Lipinski definition) is 0. The molecule has 0 aliphatic carbocycles. The Morgan fingerprint density at radius 3 is 2.47 bits per heavy atom. The van der Waals surface area contributed by atoms with E-state index in [-0.39, 0.29) is 0 Å². The Hall–Kier alpha value is -2.70. The van der Waals surface area contributed by atoms with Crippen LogP contribution >= 0.6 is 0 Å². The summed E-state index contributed by atoms with van der Waals surface area (Å²) in [7, 11) is 1.73. The number of ether oxygens (including phenoxy) is 1. The summed E-state index contributed by atoms with van der Waals surface area (Å²) in [6, 6.07) is 18.6. The van der Waals surface area contributed by atoms with E-state index in [1.54, 1.807) is 7.11 Å². The van der Waals surface area contributed by atoms with E-state index in [9.17, 15) is 0 Å². The molecule has 158 valence electrons. The summed E-state index contributed by atoms with van der Waals surface area (Å²) in [4.78, 5) is 9.42. The summed E-state index contributed by atoms with van der Waals surface area (Å²) in [5.41, 5.74) is 3.33. The minimum absolute atomic E-state index is 0.572. The average molecular weight is 406 g/mol. The molecule has 30 heavy (non-hydrogen) atoms. The van der Waals surface area contributed by atoms with Gasteiger partial charge in [-0.1, -0.05) is 24.3 Å². The van der Waals surface area contributed by atoms with Crippen molar-refractivity contribution in [1.82, 2.24) is 19.7 Å². The zero-order valence-electron chi connectivity index (χ0n) is 17.8. The molecule has 0 saturated carbocycles. The fourth-order valence-corrected chi connectivity index (χ4v) is 4.02. The highest BCUT2D eigenvalue weighted by atomic mass is 16.5. The Balaban J connectivity index is 1.23. The molecule has 2 aromatic heterocycles. The number of para-hydroxylation sites is 1. The topological polar surface area (TPSA) is 46.4 Å². The van der Waals surface area contributed by atoms with Gasteiger partial charge in [-0.25, -0.2) is 9.67 Å². The highest BCUT2D eigenvalue weighted by Gasteiger charge is 2.17. The Kier molecular flexibility index (Phi) is 7.11. The molecule has 3 aromatic rings. The number of piperazine rings is 1. The quantitative estimate of drug-likeness (QED) is 0.510. The fraction of sp³-hybridized carbons (Fsp3) is 0.417. The molecule has 0 amide bonds. The van der Waals surface area contributed by atoms with Crippen molar-refractivity contribution in [2.24, 2.45) is 0 Å². The maximum atomic E-state index is 5.37. The SMILES string of the molecule is COCc1cc(CCCCN2CCN(c3ccccn3)CC2)nn1-c1ccccc1. The van der Waals surface area contributed by atoms with Crippen LogP contribution in [0.25, 0.3) is 5.69 Å². The van der Waals surface area contributed by atoms with Crippen LogP contribution in [-0.2, 0) is 17.8 Å². The third kappa shape index (κ3) is 5.26. The first kappa shape index (κ1) is 20.6. The van der Waals surface area contributed by atoms with E-state index in [1.165, 1.54) is 6.42 Å². The predicted molar refractivity (Wildman–Crippen MR) is 120 cm³/mol. The number of methoxy groups -OCH3 is 1. The van der Waals surface area contributed by atoms with Crippen LogP contribution in [-0.4, -0.2) is 59.5 Å². The summed E-state index contributed by atoms with van der Waals surface area (Å²) in [6.07, 6.45) is 5.23. The van der Waals surface area contributed by atoms with Crippen molar-refractivity contribution in [3.8, 4) is 5.69 Å². The lowest BCUT2D eigenvalue weighted by Crippen LogP contribution is -2.46. The normalized spacial score (nSPS) is 14.9. The monoisotopic (exact) mass is 405 g/mol. The van der Waals surface area contributed by atoms with Crippen LogP contribution in [0.3, 0.4) is 0 Å². The van der Waals surface area contributed by atoms with Crippen LogP contribution in [0, 0.1) is 0 Å². The van der Waals surface area contributed by atoms with Crippen molar-refractivity contribution >= 4 is 5.82 Å². The minimum atomic E-state index is 0.572.